The molecular formula is C22H42N2O5SSi2. The summed E-state index contributed by atoms with van der Waals surface area (Å²) in [5.41, 5.74) is -0.835. The van der Waals surface area contributed by atoms with E-state index in [-0.39, 0.29) is 27.8 Å². The van der Waals surface area contributed by atoms with Crippen molar-refractivity contribution in [2.75, 3.05) is 12.9 Å². The molecule has 0 spiro atoms. The van der Waals surface area contributed by atoms with Crippen molar-refractivity contribution >= 4 is 28.4 Å². The van der Waals surface area contributed by atoms with E-state index in [9.17, 15) is 9.59 Å². The third-order valence-electron chi connectivity index (χ3n) is 7.31. The van der Waals surface area contributed by atoms with Gasteiger partial charge in [0.05, 0.1) is 17.6 Å². The van der Waals surface area contributed by atoms with Crippen LogP contribution >= 0.6 is 11.8 Å². The van der Waals surface area contributed by atoms with Gasteiger partial charge in [-0.3, -0.25) is 14.3 Å². The van der Waals surface area contributed by atoms with Crippen molar-refractivity contribution in [3.05, 3.63) is 27.0 Å². The van der Waals surface area contributed by atoms with Crippen molar-refractivity contribution < 1.29 is 13.6 Å². The Labute approximate surface area is 198 Å². The largest absolute Gasteiger partial charge is 0.414 e. The average Bonchev–Trinajstić information content (AvgIpc) is 3.00. The third-order valence-corrected chi connectivity index (χ3v) is 17.0. The van der Waals surface area contributed by atoms with Gasteiger partial charge in [0.1, 0.15) is 12.3 Å². The fourth-order valence-electron chi connectivity index (χ4n) is 3.03. The summed E-state index contributed by atoms with van der Waals surface area (Å²) >= 11 is 1.31. The van der Waals surface area contributed by atoms with Gasteiger partial charge in [-0.05, 0) is 42.5 Å². The molecule has 0 radical (unpaired) electrons. The normalized spacial score (nSPS) is 23.0. The molecule has 1 aromatic rings. The van der Waals surface area contributed by atoms with Gasteiger partial charge in [0.2, 0.25) is 0 Å². The summed E-state index contributed by atoms with van der Waals surface area (Å²) in [6.45, 7) is 22.6. The fourth-order valence-corrected chi connectivity index (χ4v) is 5.86. The number of thioether (sulfide) groups is 1. The molecule has 1 aliphatic heterocycles. The zero-order valence-electron chi connectivity index (χ0n) is 21.6. The Morgan fingerprint density at radius 1 is 1.09 bits per heavy atom. The van der Waals surface area contributed by atoms with E-state index in [0.717, 1.165) is 0 Å². The van der Waals surface area contributed by atoms with Crippen molar-refractivity contribution in [3.63, 3.8) is 0 Å². The fraction of sp³-hybridized carbons (Fsp3) is 0.818. The molecular weight excluding hydrogens is 460 g/mol. The number of hydrogen-bond acceptors (Lipinski definition) is 6. The van der Waals surface area contributed by atoms with Crippen molar-refractivity contribution in [1.82, 2.24) is 9.55 Å². The van der Waals surface area contributed by atoms with Gasteiger partial charge in [0.15, 0.2) is 16.6 Å². The molecule has 0 unspecified atom stereocenters. The average molecular weight is 503 g/mol. The Kier molecular flexibility index (Phi) is 8.22. The van der Waals surface area contributed by atoms with E-state index in [2.05, 4.69) is 72.7 Å². The Bertz CT molecular complexity index is 915. The molecule has 2 rings (SSSR count). The van der Waals surface area contributed by atoms with Crippen LogP contribution in [-0.4, -0.2) is 51.3 Å². The molecule has 1 fully saturated rings. The zero-order chi connectivity index (χ0) is 24.7. The number of ether oxygens (including phenoxy) is 1. The van der Waals surface area contributed by atoms with Crippen LogP contribution in [0.1, 0.15) is 54.2 Å². The molecule has 3 atom stereocenters. The summed E-state index contributed by atoms with van der Waals surface area (Å²) in [6, 6.07) is 0. The predicted octanol–water partition coefficient (Wildman–Crippen LogP) is 4.96. The van der Waals surface area contributed by atoms with E-state index in [4.69, 9.17) is 13.6 Å². The molecule has 1 N–H and O–H groups in total. The van der Waals surface area contributed by atoms with Gasteiger partial charge in [-0.15, -0.1) is 11.8 Å². The van der Waals surface area contributed by atoms with E-state index >= 15 is 0 Å². The van der Waals surface area contributed by atoms with E-state index < -0.39 is 28.6 Å². The quantitative estimate of drug-likeness (QED) is 0.419. The van der Waals surface area contributed by atoms with Crippen LogP contribution in [0.25, 0.3) is 0 Å². The maximum absolute atomic E-state index is 12.6. The van der Waals surface area contributed by atoms with Gasteiger partial charge in [0.25, 0.3) is 5.56 Å². The first-order chi connectivity index (χ1) is 14.4. The van der Waals surface area contributed by atoms with Crippen molar-refractivity contribution in [3.8, 4) is 0 Å². The van der Waals surface area contributed by atoms with Crippen LogP contribution < -0.4 is 11.2 Å². The lowest BCUT2D eigenvalue weighted by molar-refractivity contribution is -0.0414. The SMILES string of the molecule is CSc1cn([C@H]2C[C@H](O[Si](C)(C)C(C)(C)C)[C@@H](CO[Si](C)(C)C(C)(C)C)O2)c(=O)[nH]c1=O. The van der Waals surface area contributed by atoms with Gasteiger partial charge in [-0.2, -0.15) is 0 Å². The van der Waals surface area contributed by atoms with Gasteiger partial charge in [0, 0.05) is 12.6 Å². The number of H-pyrrole nitrogens is 1. The number of hydrogen-bond donors (Lipinski definition) is 1. The lowest BCUT2D eigenvalue weighted by Gasteiger charge is -2.40. The molecule has 0 aromatic carbocycles. The number of aromatic nitrogens is 2. The van der Waals surface area contributed by atoms with Crippen LogP contribution in [0.2, 0.25) is 36.3 Å². The number of rotatable bonds is 7. The molecule has 184 valence electrons. The first kappa shape index (κ1) is 27.6. The molecule has 10 heteroatoms. The van der Waals surface area contributed by atoms with E-state index in [1.807, 2.05) is 6.26 Å². The van der Waals surface area contributed by atoms with Crippen LogP contribution in [0, 0.1) is 0 Å². The van der Waals surface area contributed by atoms with Crippen LogP contribution in [0.15, 0.2) is 20.7 Å². The summed E-state index contributed by atoms with van der Waals surface area (Å²) < 4.78 is 21.1. The van der Waals surface area contributed by atoms with Gasteiger partial charge in [-0.1, -0.05) is 41.5 Å². The summed E-state index contributed by atoms with van der Waals surface area (Å²) in [7, 11) is -4.04. The van der Waals surface area contributed by atoms with Crippen LogP contribution in [0.4, 0.5) is 0 Å². The molecule has 2 heterocycles. The Hall–Kier alpha value is -0.656. The van der Waals surface area contributed by atoms with Crippen LogP contribution in [-0.2, 0) is 13.6 Å². The highest BCUT2D eigenvalue weighted by Crippen LogP contribution is 2.42. The molecule has 0 amide bonds. The minimum Gasteiger partial charge on any atom is -0.414 e. The lowest BCUT2D eigenvalue weighted by Crippen LogP contribution is -2.48. The monoisotopic (exact) mass is 502 g/mol. The molecule has 0 saturated carbocycles. The minimum absolute atomic E-state index is 0.0523. The van der Waals surface area contributed by atoms with Gasteiger partial charge >= 0.3 is 5.69 Å². The standard InChI is InChI=1S/C22H42N2O5SSi2/c1-21(2,3)31(8,9)27-14-16-15(29-32(10,11)22(4,5)6)12-18(28-16)24-13-17(30-7)19(25)23-20(24)26/h13,15-16,18H,12,14H2,1-11H3,(H,23,25,26)/t15-,16+,18+/m0/s1. The Morgan fingerprint density at radius 3 is 2.16 bits per heavy atom. The lowest BCUT2D eigenvalue weighted by atomic mass is 10.2. The van der Waals surface area contributed by atoms with Crippen molar-refractivity contribution in [1.29, 1.82) is 0 Å². The number of nitrogens with one attached hydrogen (secondary N) is 1. The minimum atomic E-state index is -2.07. The molecule has 1 saturated heterocycles. The zero-order valence-corrected chi connectivity index (χ0v) is 24.4. The predicted molar refractivity (Wildman–Crippen MR) is 137 cm³/mol. The Morgan fingerprint density at radius 2 is 1.66 bits per heavy atom. The first-order valence-electron chi connectivity index (χ1n) is 11.3. The highest BCUT2D eigenvalue weighted by Gasteiger charge is 2.46. The molecule has 32 heavy (non-hydrogen) atoms. The summed E-state index contributed by atoms with van der Waals surface area (Å²) in [4.78, 5) is 27.5. The summed E-state index contributed by atoms with van der Waals surface area (Å²) in [5.74, 6) is 0. The highest BCUT2D eigenvalue weighted by molar-refractivity contribution is 7.98. The molecule has 7 nitrogen and oxygen atoms in total. The summed E-state index contributed by atoms with van der Waals surface area (Å²) in [6.07, 6.45) is 2.98. The highest BCUT2D eigenvalue weighted by atomic mass is 32.2. The van der Waals surface area contributed by atoms with E-state index in [1.165, 1.54) is 16.3 Å². The van der Waals surface area contributed by atoms with Gasteiger partial charge < -0.3 is 13.6 Å². The number of nitrogens with zero attached hydrogens (tertiary/aromatic N) is 1. The summed E-state index contributed by atoms with van der Waals surface area (Å²) in [5, 5.41) is 0.140. The van der Waals surface area contributed by atoms with Crippen molar-refractivity contribution in [2.24, 2.45) is 0 Å². The molecule has 1 aliphatic rings. The maximum Gasteiger partial charge on any atom is 0.330 e. The van der Waals surface area contributed by atoms with E-state index in [0.29, 0.717) is 17.9 Å². The second kappa shape index (κ2) is 9.54. The van der Waals surface area contributed by atoms with Crippen molar-refractivity contribution in [2.45, 2.75) is 108 Å². The first-order valence-corrected chi connectivity index (χ1v) is 18.3. The Balaban J connectivity index is 2.35. The maximum atomic E-state index is 12.6. The van der Waals surface area contributed by atoms with Crippen LogP contribution in [0.5, 0.6) is 0 Å². The second-order valence-electron chi connectivity index (χ2n) is 11.7. The smallest absolute Gasteiger partial charge is 0.330 e. The molecule has 0 aliphatic carbocycles. The van der Waals surface area contributed by atoms with Gasteiger partial charge in [-0.25, -0.2) is 4.79 Å². The van der Waals surface area contributed by atoms with Crippen LogP contribution in [0.3, 0.4) is 0 Å². The third kappa shape index (κ3) is 6.07. The molecule has 0 bridgehead atoms. The number of aromatic amines is 1. The second-order valence-corrected chi connectivity index (χ2v) is 22.1. The van der Waals surface area contributed by atoms with E-state index in [1.54, 1.807) is 6.20 Å². The topological polar surface area (TPSA) is 82.6 Å². The molecule has 1 aromatic heterocycles.